The molecule has 1 N–H and O–H groups in total. The summed E-state index contributed by atoms with van der Waals surface area (Å²) in [5.74, 6) is 0.815. The SMILES string of the molecule is CCOC1CCN(c2ccc(S(=O)(=O)NC)cn2)CC1. The molecule has 0 atom stereocenters. The van der Waals surface area contributed by atoms with E-state index in [9.17, 15) is 8.42 Å². The van der Waals surface area contributed by atoms with Gasteiger partial charge in [-0.2, -0.15) is 0 Å². The Morgan fingerprint density at radius 1 is 1.40 bits per heavy atom. The molecule has 6 nitrogen and oxygen atoms in total. The molecule has 1 aromatic heterocycles. The van der Waals surface area contributed by atoms with Crippen molar-refractivity contribution >= 4 is 15.8 Å². The van der Waals surface area contributed by atoms with E-state index in [2.05, 4.69) is 14.6 Å². The average molecular weight is 299 g/mol. The lowest BCUT2D eigenvalue weighted by atomic mass is 10.1. The zero-order valence-corrected chi connectivity index (χ0v) is 12.7. The maximum absolute atomic E-state index is 11.6. The van der Waals surface area contributed by atoms with E-state index in [1.807, 2.05) is 6.92 Å². The van der Waals surface area contributed by atoms with Crippen molar-refractivity contribution in [2.75, 3.05) is 31.6 Å². The van der Waals surface area contributed by atoms with Crippen molar-refractivity contribution in [2.24, 2.45) is 0 Å². The van der Waals surface area contributed by atoms with Crippen LogP contribution in [0, 0.1) is 0 Å². The molecular formula is C13H21N3O3S. The molecule has 0 aliphatic carbocycles. The van der Waals surface area contributed by atoms with Gasteiger partial charge in [0.2, 0.25) is 10.0 Å². The van der Waals surface area contributed by atoms with Gasteiger partial charge in [0.05, 0.1) is 6.10 Å². The molecule has 20 heavy (non-hydrogen) atoms. The van der Waals surface area contributed by atoms with E-state index in [1.54, 1.807) is 12.1 Å². The standard InChI is InChI=1S/C13H21N3O3S/c1-3-19-11-6-8-16(9-7-11)13-5-4-12(10-15-13)20(17,18)14-2/h4-5,10-11,14H,3,6-9H2,1-2H3. The third-order valence-electron chi connectivity index (χ3n) is 3.47. The normalized spacial score (nSPS) is 17.4. The second-order valence-electron chi connectivity index (χ2n) is 4.70. The molecule has 0 saturated carbocycles. The van der Waals surface area contributed by atoms with E-state index < -0.39 is 10.0 Å². The highest BCUT2D eigenvalue weighted by atomic mass is 32.2. The van der Waals surface area contributed by atoms with Gasteiger partial charge in [-0.1, -0.05) is 0 Å². The fourth-order valence-corrected chi connectivity index (χ4v) is 3.00. The second kappa shape index (κ2) is 6.51. The minimum atomic E-state index is -3.41. The topological polar surface area (TPSA) is 71.5 Å². The van der Waals surface area contributed by atoms with Crippen molar-refractivity contribution < 1.29 is 13.2 Å². The lowest BCUT2D eigenvalue weighted by molar-refractivity contribution is 0.0458. The number of sulfonamides is 1. The molecule has 0 unspecified atom stereocenters. The van der Waals surface area contributed by atoms with Gasteiger partial charge < -0.3 is 9.64 Å². The van der Waals surface area contributed by atoms with Crippen LogP contribution in [-0.2, 0) is 14.8 Å². The fraction of sp³-hybridized carbons (Fsp3) is 0.615. The Balaban J connectivity index is 2.01. The average Bonchev–Trinajstić information content (AvgIpc) is 2.48. The van der Waals surface area contributed by atoms with E-state index in [1.165, 1.54) is 13.2 Å². The smallest absolute Gasteiger partial charge is 0.241 e. The highest BCUT2D eigenvalue weighted by molar-refractivity contribution is 7.89. The van der Waals surface area contributed by atoms with Crippen molar-refractivity contribution in [3.05, 3.63) is 18.3 Å². The Hall–Kier alpha value is -1.18. The van der Waals surface area contributed by atoms with E-state index in [4.69, 9.17) is 4.74 Å². The van der Waals surface area contributed by atoms with Crippen LogP contribution in [0.15, 0.2) is 23.2 Å². The van der Waals surface area contributed by atoms with Crippen molar-refractivity contribution in [3.63, 3.8) is 0 Å². The third-order valence-corrected chi connectivity index (χ3v) is 4.87. The molecule has 2 heterocycles. The number of aromatic nitrogens is 1. The van der Waals surface area contributed by atoms with Gasteiger partial charge in [-0.15, -0.1) is 0 Å². The Morgan fingerprint density at radius 2 is 2.10 bits per heavy atom. The first-order valence-corrected chi connectivity index (χ1v) is 8.31. The maximum atomic E-state index is 11.6. The second-order valence-corrected chi connectivity index (χ2v) is 6.59. The molecule has 1 fully saturated rings. The quantitative estimate of drug-likeness (QED) is 0.878. The van der Waals surface area contributed by atoms with Crippen LogP contribution in [0.25, 0.3) is 0 Å². The summed E-state index contributed by atoms with van der Waals surface area (Å²) in [6.45, 7) is 4.53. The minimum Gasteiger partial charge on any atom is -0.378 e. The molecular weight excluding hydrogens is 278 g/mol. The Kier molecular flexibility index (Phi) is 4.95. The number of rotatable bonds is 5. The molecule has 1 aliphatic rings. The van der Waals surface area contributed by atoms with E-state index in [-0.39, 0.29) is 4.90 Å². The molecule has 0 spiro atoms. The summed E-state index contributed by atoms with van der Waals surface area (Å²) in [7, 11) is -2.02. The number of pyridine rings is 1. The van der Waals surface area contributed by atoms with Gasteiger partial charge in [-0.05, 0) is 38.9 Å². The van der Waals surface area contributed by atoms with Crippen molar-refractivity contribution in [1.29, 1.82) is 0 Å². The van der Waals surface area contributed by atoms with Crippen molar-refractivity contribution in [2.45, 2.75) is 30.8 Å². The maximum Gasteiger partial charge on any atom is 0.241 e. The van der Waals surface area contributed by atoms with E-state index >= 15 is 0 Å². The monoisotopic (exact) mass is 299 g/mol. The number of hydrogen-bond acceptors (Lipinski definition) is 5. The molecule has 112 valence electrons. The summed E-state index contributed by atoms with van der Waals surface area (Å²) in [6.07, 6.45) is 3.69. The summed E-state index contributed by atoms with van der Waals surface area (Å²) < 4.78 is 31.1. The van der Waals surface area contributed by atoms with Crippen LogP contribution < -0.4 is 9.62 Å². The zero-order chi connectivity index (χ0) is 14.6. The summed E-state index contributed by atoms with van der Waals surface area (Å²) in [4.78, 5) is 6.60. The molecule has 0 bridgehead atoms. The van der Waals surface area contributed by atoms with E-state index in [0.717, 1.165) is 38.4 Å². The highest BCUT2D eigenvalue weighted by Crippen LogP contribution is 2.20. The molecule has 0 aromatic carbocycles. The van der Waals surface area contributed by atoms with Crippen LogP contribution in [0.5, 0.6) is 0 Å². The number of anilines is 1. The first kappa shape index (κ1) is 15.2. The van der Waals surface area contributed by atoms with Gasteiger partial charge in [0.1, 0.15) is 10.7 Å². The number of hydrogen-bond donors (Lipinski definition) is 1. The molecule has 1 aromatic rings. The summed E-state index contributed by atoms with van der Waals surface area (Å²) in [5.41, 5.74) is 0. The summed E-state index contributed by atoms with van der Waals surface area (Å²) in [5, 5.41) is 0. The lowest BCUT2D eigenvalue weighted by Gasteiger charge is -2.32. The molecule has 1 aliphatic heterocycles. The van der Waals surface area contributed by atoms with Crippen molar-refractivity contribution in [1.82, 2.24) is 9.71 Å². The molecule has 0 amide bonds. The summed E-state index contributed by atoms with van der Waals surface area (Å²) in [6, 6.07) is 3.34. The van der Waals surface area contributed by atoms with Crippen LogP contribution in [-0.4, -0.2) is 46.2 Å². The molecule has 1 saturated heterocycles. The third kappa shape index (κ3) is 3.47. The molecule has 0 radical (unpaired) electrons. The zero-order valence-electron chi connectivity index (χ0n) is 11.9. The van der Waals surface area contributed by atoms with Gasteiger partial charge in [-0.25, -0.2) is 18.1 Å². The van der Waals surface area contributed by atoms with Crippen LogP contribution in [0.4, 0.5) is 5.82 Å². The minimum absolute atomic E-state index is 0.188. The number of nitrogens with zero attached hydrogens (tertiary/aromatic N) is 2. The largest absolute Gasteiger partial charge is 0.378 e. The Morgan fingerprint density at radius 3 is 2.60 bits per heavy atom. The van der Waals surface area contributed by atoms with Crippen LogP contribution >= 0.6 is 0 Å². The number of ether oxygens (including phenoxy) is 1. The van der Waals surface area contributed by atoms with Gasteiger partial charge in [0.15, 0.2) is 0 Å². The van der Waals surface area contributed by atoms with E-state index in [0.29, 0.717) is 6.10 Å². The first-order valence-electron chi connectivity index (χ1n) is 6.83. The molecule has 2 rings (SSSR count). The van der Waals surface area contributed by atoms with Gasteiger partial charge in [-0.3, -0.25) is 0 Å². The lowest BCUT2D eigenvalue weighted by Crippen LogP contribution is -2.37. The Labute approximate surface area is 120 Å². The van der Waals surface area contributed by atoms with Crippen LogP contribution in [0.2, 0.25) is 0 Å². The molecule has 7 heteroatoms. The predicted molar refractivity (Wildman–Crippen MR) is 77.3 cm³/mol. The number of piperidine rings is 1. The number of nitrogens with one attached hydrogen (secondary N) is 1. The first-order chi connectivity index (χ1) is 9.56. The Bertz CT molecular complexity index is 522. The van der Waals surface area contributed by atoms with Crippen LogP contribution in [0.3, 0.4) is 0 Å². The van der Waals surface area contributed by atoms with Crippen molar-refractivity contribution in [3.8, 4) is 0 Å². The van der Waals surface area contributed by atoms with Gasteiger partial charge in [0, 0.05) is 25.9 Å². The van der Waals surface area contributed by atoms with Gasteiger partial charge >= 0.3 is 0 Å². The predicted octanol–water partition coefficient (Wildman–Crippen LogP) is 0.995. The summed E-state index contributed by atoms with van der Waals surface area (Å²) >= 11 is 0. The highest BCUT2D eigenvalue weighted by Gasteiger charge is 2.20. The fourth-order valence-electron chi connectivity index (χ4n) is 2.32. The van der Waals surface area contributed by atoms with Gasteiger partial charge in [0.25, 0.3) is 0 Å². The van der Waals surface area contributed by atoms with Crippen LogP contribution in [0.1, 0.15) is 19.8 Å².